The van der Waals surface area contributed by atoms with E-state index in [1.54, 1.807) is 24.3 Å². The zero-order chi connectivity index (χ0) is 26.7. The van der Waals surface area contributed by atoms with Crippen molar-refractivity contribution in [1.29, 1.82) is 0 Å². The number of ether oxygens (including phenoxy) is 1. The van der Waals surface area contributed by atoms with E-state index in [1.807, 2.05) is 0 Å². The van der Waals surface area contributed by atoms with Crippen molar-refractivity contribution in [3.63, 3.8) is 0 Å². The van der Waals surface area contributed by atoms with Crippen LogP contribution >= 0.6 is 0 Å². The highest BCUT2D eigenvalue weighted by molar-refractivity contribution is 6.00. The molecule has 0 saturated heterocycles. The van der Waals surface area contributed by atoms with Crippen LogP contribution in [0.15, 0.2) is 66.7 Å². The molecule has 0 saturated carbocycles. The first-order valence-electron chi connectivity index (χ1n) is 10.7. The molecule has 0 fully saturated rings. The Labute approximate surface area is 203 Å². The van der Waals surface area contributed by atoms with Crippen molar-refractivity contribution in [2.45, 2.75) is 32.7 Å². The van der Waals surface area contributed by atoms with Gasteiger partial charge < -0.3 is 15.2 Å². The SMILES string of the molecule is CC(C)(CC(NC(=O)O)c1ccc(-c2ccc(OC(F)(F)F)cc2)cc1)C(=O)c1c(F)cccc1F. The number of carbonyl (C=O) groups is 2. The van der Waals surface area contributed by atoms with Crippen LogP contribution in [0.2, 0.25) is 0 Å². The highest BCUT2D eigenvalue weighted by Gasteiger charge is 2.36. The van der Waals surface area contributed by atoms with E-state index in [9.17, 15) is 36.6 Å². The summed E-state index contributed by atoms with van der Waals surface area (Å²) in [6, 6.07) is 13.9. The van der Waals surface area contributed by atoms with Gasteiger partial charge in [0.1, 0.15) is 17.4 Å². The van der Waals surface area contributed by atoms with Gasteiger partial charge in [0.25, 0.3) is 0 Å². The first-order chi connectivity index (χ1) is 16.8. The van der Waals surface area contributed by atoms with Crippen LogP contribution in [-0.4, -0.2) is 23.3 Å². The molecule has 0 bridgehead atoms. The number of benzene rings is 3. The van der Waals surface area contributed by atoms with E-state index < -0.39 is 46.9 Å². The molecule has 0 aliphatic heterocycles. The Morgan fingerprint density at radius 3 is 1.86 bits per heavy atom. The van der Waals surface area contributed by atoms with Crippen LogP contribution in [0.3, 0.4) is 0 Å². The summed E-state index contributed by atoms with van der Waals surface area (Å²) in [5.41, 5.74) is -0.333. The summed E-state index contributed by atoms with van der Waals surface area (Å²) in [5.74, 6) is -3.20. The van der Waals surface area contributed by atoms with Crippen molar-refractivity contribution in [3.8, 4) is 16.9 Å². The van der Waals surface area contributed by atoms with Crippen molar-refractivity contribution < 1.29 is 41.4 Å². The molecule has 0 spiro atoms. The number of ketones is 1. The van der Waals surface area contributed by atoms with Crippen molar-refractivity contribution in [3.05, 3.63) is 89.5 Å². The molecule has 10 heteroatoms. The van der Waals surface area contributed by atoms with Crippen molar-refractivity contribution in [2.75, 3.05) is 0 Å². The lowest BCUT2D eigenvalue weighted by Gasteiger charge is -2.29. The maximum Gasteiger partial charge on any atom is 0.573 e. The third-order valence-corrected chi connectivity index (χ3v) is 5.55. The fourth-order valence-electron chi connectivity index (χ4n) is 3.81. The average Bonchev–Trinajstić information content (AvgIpc) is 2.77. The Morgan fingerprint density at radius 1 is 0.889 bits per heavy atom. The number of amides is 1. The molecule has 5 nitrogen and oxygen atoms in total. The molecule has 3 rings (SSSR count). The molecule has 0 aliphatic rings. The molecule has 0 aromatic heterocycles. The number of halogens is 5. The smallest absolute Gasteiger partial charge is 0.465 e. The predicted molar refractivity (Wildman–Crippen MR) is 122 cm³/mol. The van der Waals surface area contributed by atoms with Gasteiger partial charge in [0.15, 0.2) is 5.78 Å². The second kappa shape index (κ2) is 10.3. The summed E-state index contributed by atoms with van der Waals surface area (Å²) in [4.78, 5) is 24.4. The van der Waals surface area contributed by atoms with Crippen LogP contribution in [-0.2, 0) is 0 Å². The van der Waals surface area contributed by atoms with Gasteiger partial charge in [0.2, 0.25) is 0 Å². The van der Waals surface area contributed by atoms with E-state index in [0.29, 0.717) is 16.7 Å². The molecule has 0 heterocycles. The van der Waals surface area contributed by atoms with Gasteiger partial charge in [0.05, 0.1) is 11.6 Å². The summed E-state index contributed by atoms with van der Waals surface area (Å²) in [6.45, 7) is 2.94. The largest absolute Gasteiger partial charge is 0.573 e. The number of carbonyl (C=O) groups excluding carboxylic acids is 1. The molecule has 1 amide bonds. The molecular weight excluding hydrogens is 485 g/mol. The molecule has 3 aromatic carbocycles. The number of nitrogens with one attached hydrogen (secondary N) is 1. The Bertz CT molecular complexity index is 1220. The maximum absolute atomic E-state index is 14.2. The highest BCUT2D eigenvalue weighted by atomic mass is 19.4. The van der Waals surface area contributed by atoms with Crippen molar-refractivity contribution in [2.24, 2.45) is 5.41 Å². The van der Waals surface area contributed by atoms with Gasteiger partial charge in [-0.1, -0.05) is 56.3 Å². The first-order valence-corrected chi connectivity index (χ1v) is 10.7. The molecule has 3 aromatic rings. The normalized spacial score (nSPS) is 12.6. The monoisotopic (exact) mass is 507 g/mol. The molecular formula is C26H22F5NO4. The fourth-order valence-corrected chi connectivity index (χ4v) is 3.81. The van der Waals surface area contributed by atoms with Crippen LogP contribution < -0.4 is 10.1 Å². The van der Waals surface area contributed by atoms with Crippen LogP contribution in [0.1, 0.15) is 42.2 Å². The van der Waals surface area contributed by atoms with E-state index in [1.165, 1.54) is 38.1 Å². The summed E-state index contributed by atoms with van der Waals surface area (Å²) >= 11 is 0. The van der Waals surface area contributed by atoms with Gasteiger partial charge in [0, 0.05) is 5.41 Å². The minimum atomic E-state index is -4.80. The lowest BCUT2D eigenvalue weighted by molar-refractivity contribution is -0.274. The predicted octanol–water partition coefficient (Wildman–Crippen LogP) is 7.14. The summed E-state index contributed by atoms with van der Waals surface area (Å²) in [6.07, 6.45) is -6.26. The van der Waals surface area contributed by atoms with Crippen LogP contribution in [0.4, 0.5) is 26.7 Å². The van der Waals surface area contributed by atoms with Gasteiger partial charge in [-0.05, 0) is 47.4 Å². The lowest BCUT2D eigenvalue weighted by atomic mass is 9.77. The highest BCUT2D eigenvalue weighted by Crippen LogP contribution is 2.35. The lowest BCUT2D eigenvalue weighted by Crippen LogP contribution is -2.35. The van der Waals surface area contributed by atoms with Crippen LogP contribution in [0, 0.1) is 17.0 Å². The van der Waals surface area contributed by atoms with E-state index in [-0.39, 0.29) is 12.2 Å². The number of rotatable bonds is 8. The number of alkyl halides is 3. The Hall–Kier alpha value is -3.95. The topological polar surface area (TPSA) is 75.6 Å². The molecule has 0 aliphatic carbocycles. The Balaban J connectivity index is 1.83. The first kappa shape index (κ1) is 26.7. The van der Waals surface area contributed by atoms with Crippen LogP contribution in [0.5, 0.6) is 5.75 Å². The van der Waals surface area contributed by atoms with Crippen LogP contribution in [0.25, 0.3) is 11.1 Å². The standard InChI is InChI=1S/C26H22F5NO4/c1-25(2,23(33)22-19(27)4-3-5-20(22)28)14-21(32-24(34)35)17-8-6-15(7-9-17)16-10-12-18(13-11-16)36-26(29,30)31/h3-13,21,32H,14H2,1-2H3,(H,34,35). The average molecular weight is 507 g/mol. The fraction of sp³-hybridized carbons (Fsp3) is 0.231. The third kappa shape index (κ3) is 6.59. The van der Waals surface area contributed by atoms with E-state index in [0.717, 1.165) is 18.2 Å². The third-order valence-electron chi connectivity index (χ3n) is 5.55. The quantitative estimate of drug-likeness (QED) is 0.251. The summed E-state index contributed by atoms with van der Waals surface area (Å²) in [5, 5.41) is 11.6. The van der Waals surface area contributed by atoms with Crippen molar-refractivity contribution >= 4 is 11.9 Å². The molecule has 190 valence electrons. The van der Waals surface area contributed by atoms with E-state index >= 15 is 0 Å². The van der Waals surface area contributed by atoms with E-state index in [4.69, 9.17) is 0 Å². The minimum absolute atomic E-state index is 0.102. The summed E-state index contributed by atoms with van der Waals surface area (Å²) in [7, 11) is 0. The zero-order valence-electron chi connectivity index (χ0n) is 19.2. The number of hydrogen-bond donors (Lipinski definition) is 2. The van der Waals surface area contributed by atoms with E-state index in [2.05, 4.69) is 10.1 Å². The molecule has 1 atom stereocenters. The van der Waals surface area contributed by atoms with Gasteiger partial charge in [-0.25, -0.2) is 13.6 Å². The number of carboxylic acid groups (broad SMARTS) is 1. The zero-order valence-corrected chi connectivity index (χ0v) is 19.2. The Morgan fingerprint density at radius 2 is 1.39 bits per heavy atom. The second-order valence-electron chi connectivity index (χ2n) is 8.71. The van der Waals surface area contributed by atoms with Crippen molar-refractivity contribution in [1.82, 2.24) is 5.32 Å². The molecule has 0 radical (unpaired) electrons. The minimum Gasteiger partial charge on any atom is -0.465 e. The summed E-state index contributed by atoms with van der Waals surface area (Å²) < 4.78 is 69.3. The van der Waals surface area contributed by atoms with Gasteiger partial charge >= 0.3 is 12.5 Å². The molecule has 36 heavy (non-hydrogen) atoms. The van der Waals surface area contributed by atoms with Gasteiger partial charge in [-0.2, -0.15) is 0 Å². The molecule has 2 N–H and O–H groups in total. The van der Waals surface area contributed by atoms with Gasteiger partial charge in [-0.3, -0.25) is 4.79 Å². The van der Waals surface area contributed by atoms with Gasteiger partial charge in [-0.15, -0.1) is 13.2 Å². The second-order valence-corrected chi connectivity index (χ2v) is 8.71. The maximum atomic E-state index is 14.2. The molecule has 1 unspecified atom stereocenters. The number of hydrogen-bond acceptors (Lipinski definition) is 3. The Kier molecular flexibility index (Phi) is 7.66. The number of Topliss-reactive ketones (excluding diaryl/α,β-unsaturated/α-hetero) is 1.